The molecule has 2 aliphatic rings. The van der Waals surface area contributed by atoms with Crippen molar-refractivity contribution >= 4 is 22.3 Å². The van der Waals surface area contributed by atoms with Gasteiger partial charge in [-0.15, -0.1) is 0 Å². The number of hydrogen-bond acceptors (Lipinski definition) is 4. The van der Waals surface area contributed by atoms with Gasteiger partial charge in [-0.3, -0.25) is 18.7 Å². The molecule has 29 heavy (non-hydrogen) atoms. The number of carbonyl (C=O) groups excluding carboxylic acids is 1. The largest absolute Gasteiger partial charge is 0.480 e. The molecule has 2 fully saturated rings. The molecule has 1 aromatic carbocycles. The molecule has 1 saturated heterocycles. The average molecular weight is 435 g/mol. The summed E-state index contributed by atoms with van der Waals surface area (Å²) in [5.41, 5.74) is -1.21. The van der Waals surface area contributed by atoms with Gasteiger partial charge in [-0.1, -0.05) is 12.8 Å². The van der Waals surface area contributed by atoms with Crippen molar-refractivity contribution in [2.24, 2.45) is 5.41 Å². The summed E-state index contributed by atoms with van der Waals surface area (Å²) in [5.74, 6) is -2.77. The van der Waals surface area contributed by atoms with Crippen LogP contribution in [0.15, 0.2) is 18.2 Å². The normalized spacial score (nSPS) is 23.6. The minimum Gasteiger partial charge on any atom is -0.480 e. The number of halogens is 2. The zero-order valence-electron chi connectivity index (χ0n) is 15.8. The number of aliphatic carboxylic acids is 1. The highest BCUT2D eigenvalue weighted by Gasteiger charge is 2.53. The first-order valence-corrected chi connectivity index (χ1v) is 10.4. The number of hydrogen-bond donors (Lipinski definition) is 3. The van der Waals surface area contributed by atoms with Crippen LogP contribution in [0.3, 0.4) is 0 Å². The van der Waals surface area contributed by atoms with E-state index in [1.807, 2.05) is 0 Å². The van der Waals surface area contributed by atoms with E-state index in [9.17, 15) is 23.5 Å². The summed E-state index contributed by atoms with van der Waals surface area (Å²) in [4.78, 5) is 25.8. The summed E-state index contributed by atoms with van der Waals surface area (Å²) >= 11 is 0. The van der Waals surface area contributed by atoms with Gasteiger partial charge in [0.1, 0.15) is 18.2 Å². The number of benzene rings is 1. The van der Waals surface area contributed by atoms with Crippen molar-refractivity contribution < 1.29 is 41.0 Å². The first kappa shape index (κ1) is 23.2. The third-order valence-corrected chi connectivity index (χ3v) is 5.72. The number of carboxylic acids is 1. The topological polar surface area (TPSA) is 132 Å². The summed E-state index contributed by atoms with van der Waals surface area (Å²) in [7, 11) is -4.67. The van der Waals surface area contributed by atoms with Gasteiger partial charge < -0.3 is 10.0 Å². The zero-order chi connectivity index (χ0) is 22.0. The van der Waals surface area contributed by atoms with Gasteiger partial charge in [-0.2, -0.15) is 8.42 Å². The number of nitrogens with zero attached hydrogens (tertiary/aromatic N) is 1. The van der Waals surface area contributed by atoms with E-state index in [2.05, 4.69) is 0 Å². The van der Waals surface area contributed by atoms with E-state index in [1.54, 1.807) is 6.92 Å². The second-order valence-electron chi connectivity index (χ2n) is 7.65. The van der Waals surface area contributed by atoms with Gasteiger partial charge in [0, 0.05) is 11.5 Å². The van der Waals surface area contributed by atoms with Crippen LogP contribution in [-0.2, 0) is 25.5 Å². The summed E-state index contributed by atoms with van der Waals surface area (Å²) in [5, 5.41) is 9.26. The Balaban J connectivity index is 0.000000537. The molecule has 11 heteroatoms. The van der Waals surface area contributed by atoms with Crippen LogP contribution in [-0.4, -0.2) is 46.0 Å². The Hall–Kier alpha value is -2.11. The summed E-state index contributed by atoms with van der Waals surface area (Å²) < 4.78 is 58.9. The maximum atomic E-state index is 13.7. The van der Waals surface area contributed by atoms with Crippen LogP contribution in [0.25, 0.3) is 0 Å². The van der Waals surface area contributed by atoms with Crippen LogP contribution in [0.5, 0.6) is 0 Å². The Morgan fingerprint density at radius 1 is 1.07 bits per heavy atom. The molecule has 1 atom stereocenters. The van der Waals surface area contributed by atoms with Gasteiger partial charge in [0.05, 0.1) is 5.54 Å². The van der Waals surface area contributed by atoms with Crippen LogP contribution in [0, 0.1) is 17.0 Å². The molecule has 3 N–H and O–H groups in total. The predicted molar refractivity (Wildman–Crippen MR) is 97.4 cm³/mol. The number of piperidine rings is 1. The lowest BCUT2D eigenvalue weighted by Gasteiger charge is -2.50. The van der Waals surface area contributed by atoms with Crippen LogP contribution in [0.2, 0.25) is 0 Å². The second-order valence-corrected chi connectivity index (χ2v) is 8.55. The molecule has 0 unspecified atom stereocenters. The Bertz CT molecular complexity index is 871. The molecular formula is C18H23F2NO7S. The molecular weight excluding hydrogens is 412 g/mol. The van der Waals surface area contributed by atoms with Gasteiger partial charge >= 0.3 is 16.4 Å². The molecule has 1 amide bonds. The molecule has 8 nitrogen and oxygen atoms in total. The minimum absolute atomic E-state index is 0.194. The lowest BCUT2D eigenvalue weighted by molar-refractivity contribution is -0.163. The SMILES string of the molecule is C[C@@]1(c2cc(F)cc(F)c2)CCC2(CCCC2)C(=O)N1CC(=O)O.O=S(=O)(O)O. The van der Waals surface area contributed by atoms with Crippen molar-refractivity contribution in [1.82, 2.24) is 4.90 Å². The van der Waals surface area contributed by atoms with Gasteiger partial charge in [-0.25, -0.2) is 8.78 Å². The average Bonchev–Trinajstić information content (AvgIpc) is 3.03. The van der Waals surface area contributed by atoms with E-state index < -0.39 is 45.5 Å². The number of likely N-dealkylation sites (tertiary alicyclic amines) is 1. The number of carbonyl (C=O) groups is 2. The van der Waals surface area contributed by atoms with E-state index in [-0.39, 0.29) is 5.91 Å². The molecule has 1 aromatic rings. The van der Waals surface area contributed by atoms with Crippen molar-refractivity contribution in [1.29, 1.82) is 0 Å². The number of rotatable bonds is 3. The monoisotopic (exact) mass is 435 g/mol. The third-order valence-electron chi connectivity index (χ3n) is 5.72. The van der Waals surface area contributed by atoms with E-state index in [1.165, 1.54) is 17.0 Å². The second kappa shape index (κ2) is 8.33. The Morgan fingerprint density at radius 2 is 1.55 bits per heavy atom. The first-order chi connectivity index (χ1) is 13.3. The maximum Gasteiger partial charge on any atom is 0.394 e. The van der Waals surface area contributed by atoms with E-state index in [0.717, 1.165) is 31.7 Å². The fraction of sp³-hybridized carbons (Fsp3) is 0.556. The Labute approximate surface area is 167 Å². The van der Waals surface area contributed by atoms with Crippen molar-refractivity contribution in [3.05, 3.63) is 35.4 Å². The molecule has 3 rings (SSSR count). The van der Waals surface area contributed by atoms with E-state index >= 15 is 0 Å². The summed E-state index contributed by atoms with van der Waals surface area (Å²) in [6, 6.07) is 3.16. The fourth-order valence-electron chi connectivity index (χ4n) is 4.30. The third kappa shape index (κ3) is 5.49. The van der Waals surface area contributed by atoms with Gasteiger partial charge in [0.25, 0.3) is 0 Å². The fourth-order valence-corrected chi connectivity index (χ4v) is 4.30. The van der Waals surface area contributed by atoms with Crippen molar-refractivity contribution in [3.8, 4) is 0 Å². The highest BCUT2D eigenvalue weighted by Crippen LogP contribution is 2.52. The van der Waals surface area contributed by atoms with Gasteiger partial charge in [-0.05, 0) is 50.3 Å². The van der Waals surface area contributed by atoms with E-state index in [0.29, 0.717) is 18.4 Å². The molecule has 0 aromatic heterocycles. The van der Waals surface area contributed by atoms with Gasteiger partial charge in [0.2, 0.25) is 5.91 Å². The van der Waals surface area contributed by atoms with Crippen molar-refractivity contribution in [2.45, 2.75) is 51.0 Å². The molecule has 0 bridgehead atoms. The Morgan fingerprint density at radius 3 is 2.00 bits per heavy atom. The molecule has 162 valence electrons. The standard InChI is InChI=1S/C18H21F2NO3.H2O4S/c1-17(12-8-13(19)10-14(20)9-12)6-7-18(4-2-3-5-18)16(24)21(17)11-15(22)23;1-5(2,3)4/h8-10H,2-7,11H2,1H3,(H,22,23);(H2,1,2,3,4)/t17-;/m0./s1. The van der Waals surface area contributed by atoms with Crippen LogP contribution < -0.4 is 0 Å². The van der Waals surface area contributed by atoms with Crippen LogP contribution in [0.1, 0.15) is 51.0 Å². The van der Waals surface area contributed by atoms with Crippen LogP contribution in [0.4, 0.5) is 8.78 Å². The van der Waals surface area contributed by atoms with E-state index in [4.69, 9.17) is 17.5 Å². The highest BCUT2D eigenvalue weighted by atomic mass is 32.3. The number of carboxylic acid groups (broad SMARTS) is 1. The maximum absolute atomic E-state index is 13.7. The van der Waals surface area contributed by atoms with Gasteiger partial charge in [0.15, 0.2) is 0 Å². The summed E-state index contributed by atoms with van der Waals surface area (Å²) in [6.45, 7) is 1.24. The molecule has 1 aliphatic carbocycles. The smallest absolute Gasteiger partial charge is 0.394 e. The number of amides is 1. The Kier molecular flexibility index (Phi) is 6.65. The molecule has 1 saturated carbocycles. The first-order valence-electron chi connectivity index (χ1n) is 8.97. The molecule has 1 heterocycles. The molecule has 0 radical (unpaired) electrons. The summed E-state index contributed by atoms with van der Waals surface area (Å²) in [6.07, 6.45) is 4.55. The van der Waals surface area contributed by atoms with Crippen LogP contribution >= 0.6 is 0 Å². The van der Waals surface area contributed by atoms with Crippen molar-refractivity contribution in [2.75, 3.05) is 6.54 Å². The zero-order valence-corrected chi connectivity index (χ0v) is 16.6. The van der Waals surface area contributed by atoms with Crippen molar-refractivity contribution in [3.63, 3.8) is 0 Å². The molecule has 1 aliphatic heterocycles. The quantitative estimate of drug-likeness (QED) is 0.622. The predicted octanol–water partition coefficient (Wildman–Crippen LogP) is 2.79. The lowest BCUT2D eigenvalue weighted by atomic mass is 9.69. The molecule has 1 spiro atoms. The minimum atomic E-state index is -4.67. The highest BCUT2D eigenvalue weighted by molar-refractivity contribution is 7.79. The lowest BCUT2D eigenvalue weighted by Crippen LogP contribution is -2.58.